The second kappa shape index (κ2) is 9.71. The first-order chi connectivity index (χ1) is 14.5. The van der Waals surface area contributed by atoms with E-state index < -0.39 is 0 Å². The van der Waals surface area contributed by atoms with Gasteiger partial charge in [-0.1, -0.05) is 30.3 Å². The summed E-state index contributed by atoms with van der Waals surface area (Å²) in [6.45, 7) is 0.405. The molecule has 1 aromatic heterocycles. The molecule has 0 unspecified atom stereocenters. The molecule has 0 saturated heterocycles. The van der Waals surface area contributed by atoms with Crippen molar-refractivity contribution in [3.63, 3.8) is 0 Å². The van der Waals surface area contributed by atoms with Crippen molar-refractivity contribution >= 4 is 39.9 Å². The minimum atomic E-state index is -0.369. The summed E-state index contributed by atoms with van der Waals surface area (Å²) in [5.41, 5.74) is 2.17. The van der Waals surface area contributed by atoms with Crippen molar-refractivity contribution in [2.75, 3.05) is 24.7 Å². The molecule has 0 fully saturated rings. The van der Waals surface area contributed by atoms with Gasteiger partial charge in [0.2, 0.25) is 0 Å². The van der Waals surface area contributed by atoms with E-state index in [9.17, 15) is 14.4 Å². The van der Waals surface area contributed by atoms with Crippen molar-refractivity contribution in [2.24, 2.45) is 0 Å². The highest BCUT2D eigenvalue weighted by atomic mass is 32.1. The molecule has 0 atom stereocenters. The zero-order chi connectivity index (χ0) is 21.5. The van der Waals surface area contributed by atoms with E-state index in [-0.39, 0.29) is 17.8 Å². The summed E-state index contributed by atoms with van der Waals surface area (Å²) >= 11 is 1.21. The van der Waals surface area contributed by atoms with E-state index in [0.717, 1.165) is 5.56 Å². The number of thiophene rings is 1. The number of anilines is 2. The lowest BCUT2D eigenvalue weighted by Crippen LogP contribution is -2.25. The number of urea groups is 1. The Morgan fingerprint density at radius 2 is 1.60 bits per heavy atom. The average Bonchev–Trinajstić information content (AvgIpc) is 3.22. The number of amides is 4. The first-order valence-corrected chi connectivity index (χ1v) is 10.1. The van der Waals surface area contributed by atoms with E-state index in [2.05, 4.69) is 16.0 Å². The number of hydrogen-bond acceptors (Lipinski definition) is 4. The normalized spacial score (nSPS) is 10.2. The van der Waals surface area contributed by atoms with E-state index in [1.165, 1.54) is 11.3 Å². The maximum Gasteiger partial charge on any atom is 0.324 e. The maximum atomic E-state index is 12.7. The summed E-state index contributed by atoms with van der Waals surface area (Å²) in [7, 11) is 3.29. The van der Waals surface area contributed by atoms with Crippen molar-refractivity contribution in [3.8, 4) is 0 Å². The largest absolute Gasteiger partial charge is 0.355 e. The first kappa shape index (κ1) is 21.1. The van der Waals surface area contributed by atoms with Crippen molar-refractivity contribution in [1.29, 1.82) is 0 Å². The molecule has 3 N–H and O–H groups in total. The minimum absolute atomic E-state index is 0.146. The molecule has 4 amide bonds. The molecule has 0 bridgehead atoms. The van der Waals surface area contributed by atoms with Gasteiger partial charge in [0.15, 0.2) is 0 Å². The molecule has 3 rings (SSSR count). The van der Waals surface area contributed by atoms with E-state index >= 15 is 0 Å². The SMILES string of the molecule is CNC(=O)c1ccc(CN(C)C(=O)c2ccc(NC(=O)Nc3ccccc3)s2)cc1. The molecule has 0 radical (unpaired) electrons. The zero-order valence-electron chi connectivity index (χ0n) is 16.6. The second-order valence-electron chi connectivity index (χ2n) is 6.55. The van der Waals surface area contributed by atoms with Crippen LogP contribution in [0.5, 0.6) is 0 Å². The fourth-order valence-electron chi connectivity index (χ4n) is 2.76. The molecule has 8 heteroatoms. The lowest BCUT2D eigenvalue weighted by atomic mass is 10.1. The van der Waals surface area contributed by atoms with Crippen LogP contribution in [0.1, 0.15) is 25.6 Å². The van der Waals surface area contributed by atoms with Crippen LogP contribution in [0.3, 0.4) is 0 Å². The second-order valence-corrected chi connectivity index (χ2v) is 7.63. The summed E-state index contributed by atoms with van der Waals surface area (Å²) in [6.07, 6.45) is 0. The lowest BCUT2D eigenvalue weighted by Gasteiger charge is -2.16. The molecule has 2 aromatic carbocycles. The van der Waals surface area contributed by atoms with Gasteiger partial charge in [0.1, 0.15) is 0 Å². The third-order valence-electron chi connectivity index (χ3n) is 4.29. The van der Waals surface area contributed by atoms with E-state index in [1.54, 1.807) is 55.4 Å². The van der Waals surface area contributed by atoms with Crippen molar-refractivity contribution in [2.45, 2.75) is 6.54 Å². The number of benzene rings is 2. The Bertz CT molecular complexity index is 1030. The monoisotopic (exact) mass is 422 g/mol. The molecule has 30 heavy (non-hydrogen) atoms. The number of rotatable bonds is 6. The predicted molar refractivity (Wildman–Crippen MR) is 119 cm³/mol. The van der Waals surface area contributed by atoms with Gasteiger partial charge in [-0.25, -0.2) is 4.79 Å². The molecule has 154 valence electrons. The third kappa shape index (κ3) is 5.45. The van der Waals surface area contributed by atoms with E-state index in [1.807, 2.05) is 30.3 Å². The standard InChI is InChI=1S/C22H22N4O3S/c1-23-20(27)16-10-8-15(9-11-16)14-26(2)21(28)18-12-13-19(30-18)25-22(29)24-17-6-4-3-5-7-17/h3-13H,14H2,1-2H3,(H,23,27)(H2,24,25,29). The highest BCUT2D eigenvalue weighted by Crippen LogP contribution is 2.24. The van der Waals surface area contributed by atoms with Gasteiger partial charge in [0.25, 0.3) is 11.8 Å². The van der Waals surface area contributed by atoms with Crippen LogP contribution in [0.2, 0.25) is 0 Å². The fraction of sp³-hybridized carbons (Fsp3) is 0.136. The van der Waals surface area contributed by atoms with Crippen LogP contribution in [0, 0.1) is 0 Å². The number of carbonyl (C=O) groups excluding carboxylic acids is 3. The Labute approximate surface area is 178 Å². The molecule has 1 heterocycles. The zero-order valence-corrected chi connectivity index (χ0v) is 17.5. The summed E-state index contributed by atoms with van der Waals surface area (Å²) in [5.74, 6) is -0.298. The Hall–Kier alpha value is -3.65. The van der Waals surface area contributed by atoms with Crippen LogP contribution in [0.4, 0.5) is 15.5 Å². The summed E-state index contributed by atoms with van der Waals surface area (Å²) in [4.78, 5) is 38.5. The molecule has 0 aliphatic rings. The maximum absolute atomic E-state index is 12.7. The minimum Gasteiger partial charge on any atom is -0.355 e. The number of nitrogens with one attached hydrogen (secondary N) is 3. The Balaban J connectivity index is 1.57. The van der Waals surface area contributed by atoms with Gasteiger partial charge in [0.05, 0.1) is 9.88 Å². The molecule has 0 saturated carbocycles. The molecule has 7 nitrogen and oxygen atoms in total. The summed E-state index contributed by atoms with van der Waals surface area (Å²) in [6, 6.07) is 19.2. The van der Waals surface area contributed by atoms with Crippen molar-refractivity contribution in [3.05, 3.63) is 82.7 Å². The quantitative estimate of drug-likeness (QED) is 0.560. The van der Waals surface area contributed by atoms with Crippen molar-refractivity contribution in [1.82, 2.24) is 10.2 Å². The van der Waals surface area contributed by atoms with Crippen molar-refractivity contribution < 1.29 is 14.4 Å². The number of hydrogen-bond donors (Lipinski definition) is 3. The van der Waals surface area contributed by atoms with E-state index in [0.29, 0.717) is 27.7 Å². The van der Waals surface area contributed by atoms with Gasteiger partial charge in [0, 0.05) is 31.9 Å². The molecule has 0 spiro atoms. The van der Waals surface area contributed by atoms with Gasteiger partial charge < -0.3 is 15.5 Å². The summed E-state index contributed by atoms with van der Waals surface area (Å²) < 4.78 is 0. The van der Waals surface area contributed by atoms with Gasteiger partial charge in [-0.2, -0.15) is 0 Å². The van der Waals surface area contributed by atoms with Gasteiger partial charge in [-0.3, -0.25) is 14.9 Å². The number of nitrogens with zero attached hydrogens (tertiary/aromatic N) is 1. The smallest absolute Gasteiger partial charge is 0.324 e. The van der Waals surface area contributed by atoms with Gasteiger partial charge >= 0.3 is 6.03 Å². The lowest BCUT2D eigenvalue weighted by molar-refractivity contribution is 0.0789. The molecule has 0 aliphatic heterocycles. The number of para-hydroxylation sites is 1. The van der Waals surface area contributed by atoms with Crippen LogP contribution < -0.4 is 16.0 Å². The Morgan fingerprint density at radius 1 is 0.900 bits per heavy atom. The van der Waals surface area contributed by atoms with Crippen LogP contribution in [-0.2, 0) is 6.54 Å². The third-order valence-corrected chi connectivity index (χ3v) is 5.28. The predicted octanol–water partition coefficient (Wildman–Crippen LogP) is 4.02. The topological polar surface area (TPSA) is 90.5 Å². The molecular weight excluding hydrogens is 400 g/mol. The van der Waals surface area contributed by atoms with Gasteiger partial charge in [-0.05, 0) is 42.0 Å². The van der Waals surface area contributed by atoms with E-state index in [4.69, 9.17) is 0 Å². The highest BCUT2D eigenvalue weighted by Gasteiger charge is 2.16. The van der Waals surface area contributed by atoms with Gasteiger partial charge in [-0.15, -0.1) is 11.3 Å². The average molecular weight is 423 g/mol. The summed E-state index contributed by atoms with van der Waals surface area (Å²) in [5, 5.41) is 8.62. The first-order valence-electron chi connectivity index (χ1n) is 9.25. The molecule has 3 aromatic rings. The van der Waals surface area contributed by atoms with Crippen LogP contribution in [0.25, 0.3) is 0 Å². The Morgan fingerprint density at radius 3 is 2.27 bits per heavy atom. The molecule has 0 aliphatic carbocycles. The number of carbonyl (C=O) groups is 3. The van der Waals surface area contributed by atoms with Crippen LogP contribution >= 0.6 is 11.3 Å². The Kier molecular flexibility index (Phi) is 6.82. The molecular formula is C22H22N4O3S. The fourth-order valence-corrected chi connectivity index (χ4v) is 3.65. The van der Waals surface area contributed by atoms with Crippen LogP contribution in [-0.4, -0.2) is 36.8 Å². The highest BCUT2D eigenvalue weighted by molar-refractivity contribution is 7.18. The van der Waals surface area contributed by atoms with Crippen LogP contribution in [0.15, 0.2) is 66.7 Å².